The molecule has 2 aliphatic rings. The maximum absolute atomic E-state index is 12.1. The molecular weight excluding hydrogens is 290 g/mol. The molecule has 0 amide bonds. The highest BCUT2D eigenvalue weighted by molar-refractivity contribution is 5.89. The maximum atomic E-state index is 12.1. The minimum atomic E-state index is -1.06. The Morgan fingerprint density at radius 1 is 1.18 bits per heavy atom. The zero-order valence-electron chi connectivity index (χ0n) is 12.4. The van der Waals surface area contributed by atoms with E-state index in [9.17, 15) is 9.90 Å². The Morgan fingerprint density at radius 2 is 1.91 bits per heavy atom. The van der Waals surface area contributed by atoms with Crippen molar-refractivity contribution < 1.29 is 19.4 Å². The van der Waals surface area contributed by atoms with Gasteiger partial charge in [-0.15, -0.1) is 20.4 Å². The van der Waals surface area contributed by atoms with Crippen LogP contribution < -0.4 is 0 Å². The van der Waals surface area contributed by atoms with E-state index in [2.05, 4.69) is 20.4 Å². The molecule has 1 spiro atoms. The molecular formula is C13H17N5O4. The summed E-state index contributed by atoms with van der Waals surface area (Å²) >= 11 is 0. The van der Waals surface area contributed by atoms with Gasteiger partial charge in [-0.3, -0.25) is 4.57 Å². The molecule has 1 aliphatic carbocycles. The Hall–Kier alpha value is -2.45. The number of rotatable bonds is 2. The fraction of sp³-hybridized carbons (Fsp3) is 0.615. The Balaban J connectivity index is 1.83. The molecule has 2 heterocycles. The fourth-order valence-corrected chi connectivity index (χ4v) is 2.51. The molecule has 118 valence electrons. The van der Waals surface area contributed by atoms with Crippen LogP contribution in [0.2, 0.25) is 0 Å². The summed E-state index contributed by atoms with van der Waals surface area (Å²) in [4.78, 5) is 12.1. The van der Waals surface area contributed by atoms with Gasteiger partial charge in [0.2, 0.25) is 0 Å². The van der Waals surface area contributed by atoms with E-state index in [1.54, 1.807) is 18.5 Å². The summed E-state index contributed by atoms with van der Waals surface area (Å²) in [6.45, 7) is 1.76. The van der Waals surface area contributed by atoms with E-state index in [4.69, 9.17) is 9.47 Å². The molecule has 0 atom stereocenters. The molecule has 1 aromatic rings. The third-order valence-electron chi connectivity index (χ3n) is 3.88. The van der Waals surface area contributed by atoms with Crippen molar-refractivity contribution in [3.63, 3.8) is 0 Å². The molecule has 0 aromatic carbocycles. The average molecular weight is 307 g/mol. The molecule has 0 radical (unpaired) electrons. The van der Waals surface area contributed by atoms with E-state index < -0.39 is 17.7 Å². The zero-order valence-corrected chi connectivity index (χ0v) is 12.4. The van der Waals surface area contributed by atoms with Gasteiger partial charge in [-0.1, -0.05) is 6.42 Å². The zero-order chi connectivity index (χ0) is 15.7. The number of aromatic nitrogens is 3. The van der Waals surface area contributed by atoms with Crippen molar-refractivity contribution in [3.8, 4) is 0 Å². The van der Waals surface area contributed by atoms with Crippen LogP contribution in [-0.2, 0) is 21.3 Å². The summed E-state index contributed by atoms with van der Waals surface area (Å²) in [5, 5.41) is 25.1. The maximum Gasteiger partial charge on any atom is 0.369 e. The number of carbonyl (C=O) groups excluding carboxylic acids is 1. The average Bonchev–Trinajstić information content (AvgIpc) is 2.79. The van der Waals surface area contributed by atoms with Crippen LogP contribution in [-0.4, -0.2) is 31.6 Å². The Bertz CT molecular complexity index is 657. The topological polar surface area (TPSA) is 111 Å². The van der Waals surface area contributed by atoms with Crippen LogP contribution in [0, 0.1) is 6.92 Å². The number of aryl methyl sites for hydroxylation is 1. The molecule has 1 N–H and O–H groups in total. The van der Waals surface area contributed by atoms with E-state index in [1.165, 1.54) is 0 Å². The normalized spacial score (nSPS) is 21.3. The Labute approximate surface area is 126 Å². The first kappa shape index (κ1) is 14.5. The second kappa shape index (κ2) is 5.39. The highest BCUT2D eigenvalue weighted by Crippen LogP contribution is 2.38. The van der Waals surface area contributed by atoms with E-state index in [-0.39, 0.29) is 11.6 Å². The van der Waals surface area contributed by atoms with Gasteiger partial charge in [0, 0.05) is 19.9 Å². The van der Waals surface area contributed by atoms with Gasteiger partial charge in [0.15, 0.2) is 0 Å². The van der Waals surface area contributed by atoms with Crippen molar-refractivity contribution in [3.05, 3.63) is 17.5 Å². The van der Waals surface area contributed by atoms with Crippen LogP contribution in [0.1, 0.15) is 37.9 Å². The number of ether oxygens (including phenoxy) is 2. The minimum absolute atomic E-state index is 0.212. The molecule has 9 heteroatoms. The third-order valence-corrected chi connectivity index (χ3v) is 3.88. The van der Waals surface area contributed by atoms with Gasteiger partial charge < -0.3 is 14.6 Å². The summed E-state index contributed by atoms with van der Waals surface area (Å²) in [6, 6.07) is 0. The van der Waals surface area contributed by atoms with Gasteiger partial charge in [0.05, 0.1) is 0 Å². The molecule has 9 nitrogen and oxygen atoms in total. The smallest absolute Gasteiger partial charge is 0.369 e. The van der Waals surface area contributed by atoms with Crippen molar-refractivity contribution in [1.82, 2.24) is 14.8 Å². The second-order valence-electron chi connectivity index (χ2n) is 5.42. The van der Waals surface area contributed by atoms with Crippen molar-refractivity contribution in [2.45, 2.75) is 44.8 Å². The van der Waals surface area contributed by atoms with Crippen molar-refractivity contribution in [1.29, 1.82) is 0 Å². The Kier molecular flexibility index (Phi) is 3.55. The van der Waals surface area contributed by atoms with Crippen molar-refractivity contribution in [2.24, 2.45) is 17.3 Å². The van der Waals surface area contributed by atoms with Crippen molar-refractivity contribution >= 4 is 11.9 Å². The summed E-state index contributed by atoms with van der Waals surface area (Å²) in [5.41, 5.74) is -0.364. The second-order valence-corrected chi connectivity index (χ2v) is 5.42. The lowest BCUT2D eigenvalue weighted by Gasteiger charge is -2.38. The van der Waals surface area contributed by atoms with Crippen LogP contribution in [0.15, 0.2) is 21.9 Å². The van der Waals surface area contributed by atoms with Gasteiger partial charge in [0.25, 0.3) is 17.4 Å². The van der Waals surface area contributed by atoms with Crippen LogP contribution in [0.4, 0.5) is 5.95 Å². The molecule has 0 unspecified atom stereocenters. The monoisotopic (exact) mass is 307 g/mol. The van der Waals surface area contributed by atoms with Gasteiger partial charge in [-0.05, 0) is 19.8 Å². The third kappa shape index (κ3) is 2.53. The van der Waals surface area contributed by atoms with Crippen LogP contribution in [0.3, 0.4) is 0 Å². The van der Waals surface area contributed by atoms with Crippen LogP contribution >= 0.6 is 0 Å². The van der Waals surface area contributed by atoms with Gasteiger partial charge >= 0.3 is 11.9 Å². The summed E-state index contributed by atoms with van der Waals surface area (Å²) in [7, 11) is 1.71. The van der Waals surface area contributed by atoms with Crippen LogP contribution in [0.5, 0.6) is 0 Å². The number of nitrogens with zero attached hydrogens (tertiary/aromatic N) is 5. The van der Waals surface area contributed by atoms with Crippen molar-refractivity contribution in [2.75, 3.05) is 0 Å². The summed E-state index contributed by atoms with van der Waals surface area (Å²) in [5.74, 6) is -1.49. The number of esters is 1. The number of hydrogen-bond donors (Lipinski definition) is 1. The first-order valence-electron chi connectivity index (χ1n) is 7.14. The summed E-state index contributed by atoms with van der Waals surface area (Å²) in [6.07, 6.45) is 3.96. The molecule has 0 bridgehead atoms. The number of carbonyl (C=O) groups is 1. The highest BCUT2D eigenvalue weighted by Gasteiger charge is 2.45. The van der Waals surface area contributed by atoms with Gasteiger partial charge in [0.1, 0.15) is 5.82 Å². The molecule has 3 rings (SSSR count). The predicted octanol–water partition coefficient (Wildman–Crippen LogP) is 2.17. The van der Waals surface area contributed by atoms with E-state index in [0.29, 0.717) is 18.7 Å². The lowest BCUT2D eigenvalue weighted by atomic mass is 9.93. The lowest BCUT2D eigenvalue weighted by Crippen LogP contribution is -2.43. The number of aliphatic hydroxyl groups excluding tert-OH is 1. The largest absolute Gasteiger partial charge is 0.479 e. The first-order chi connectivity index (χ1) is 10.5. The van der Waals surface area contributed by atoms with E-state index in [0.717, 1.165) is 19.3 Å². The standard InChI is InChI=1S/C13H17N5O4/c1-8-14-16-12(18(8)2)17-15-9-10(19)21-13(22-11(9)20)6-4-3-5-7-13/h19H,3-7H2,1-2H3. The first-order valence-corrected chi connectivity index (χ1v) is 7.14. The highest BCUT2D eigenvalue weighted by atomic mass is 16.8. The molecule has 1 fully saturated rings. The SMILES string of the molecule is Cc1nnc(N=NC2=C(O)OC3(CCCCC3)OC2=O)n1C. The molecule has 1 saturated carbocycles. The summed E-state index contributed by atoms with van der Waals surface area (Å²) < 4.78 is 12.4. The van der Waals surface area contributed by atoms with E-state index in [1.807, 2.05) is 0 Å². The Morgan fingerprint density at radius 3 is 2.50 bits per heavy atom. The molecule has 1 aromatic heterocycles. The van der Waals surface area contributed by atoms with Gasteiger partial charge in [-0.25, -0.2) is 4.79 Å². The fourth-order valence-electron chi connectivity index (χ4n) is 2.51. The number of aliphatic hydroxyl groups is 1. The van der Waals surface area contributed by atoms with E-state index >= 15 is 0 Å². The predicted molar refractivity (Wildman–Crippen MR) is 72.9 cm³/mol. The lowest BCUT2D eigenvalue weighted by molar-refractivity contribution is -0.249. The number of hydrogen-bond acceptors (Lipinski definition) is 8. The van der Waals surface area contributed by atoms with Gasteiger partial charge in [-0.2, -0.15) is 0 Å². The molecule has 0 saturated heterocycles. The molecule has 22 heavy (non-hydrogen) atoms. The van der Waals surface area contributed by atoms with Crippen LogP contribution in [0.25, 0.3) is 0 Å². The quantitative estimate of drug-likeness (QED) is 0.662. The number of azo groups is 1. The minimum Gasteiger partial charge on any atom is -0.479 e. The molecule has 1 aliphatic heterocycles.